The summed E-state index contributed by atoms with van der Waals surface area (Å²) in [5, 5.41) is 40.4. The number of nitrogens with one attached hydrogen (secondary N) is 1. The minimum atomic E-state index is -1.78. The molecule has 0 aliphatic carbocycles. The van der Waals surface area contributed by atoms with Crippen molar-refractivity contribution in [2.75, 3.05) is 34.4 Å². The molecule has 1 amide bonds. The van der Waals surface area contributed by atoms with E-state index in [9.17, 15) is 19.8 Å². The monoisotopic (exact) mass is 704 g/mol. The van der Waals surface area contributed by atoms with Gasteiger partial charge >= 0.3 is 5.97 Å². The van der Waals surface area contributed by atoms with Gasteiger partial charge < -0.3 is 54.3 Å². The molecule has 13 atom stereocenters. The van der Waals surface area contributed by atoms with E-state index < -0.39 is 66.8 Å². The van der Waals surface area contributed by atoms with Gasteiger partial charge in [0.25, 0.3) is 0 Å². The molecule has 13 heteroatoms. The van der Waals surface area contributed by atoms with Gasteiger partial charge in [-0.1, -0.05) is 26.8 Å². The van der Waals surface area contributed by atoms with Gasteiger partial charge in [-0.15, -0.1) is 6.58 Å². The highest BCUT2D eigenvalue weighted by Gasteiger charge is 2.40. The standard InChI is InChI=1S/C28H50N2O8.C7H14O2.CH4O/c1-9-12-35-23-13-18(3)29-26(32)20(5)25(31)28(6,34)16-36-27(33)17(2)10-11-22(23)38-24-15-21(30(7)8)14-19(4)37-24;1-5-3-6(2)9-7(8)4-5;1-2/h9,17-25,31,34H,1,10-16H2,2-8H3,(H,29,32);5-8H,3-4H2,1-2H3;2H,1H3/t17?,18-,19?,20?,21?,22-,23?,24?,25?,28-;;/m1../s1. The second kappa shape index (κ2) is 22.3. The number of carbonyl (C=O) groups is 2. The zero-order chi connectivity index (χ0) is 37.5. The zero-order valence-electron chi connectivity index (χ0n) is 31.7. The van der Waals surface area contributed by atoms with Crippen LogP contribution in [-0.4, -0.2) is 132 Å². The number of carbonyl (C=O) groups excluding carboxylic acids is 2. The highest BCUT2D eigenvalue weighted by atomic mass is 16.7. The summed E-state index contributed by atoms with van der Waals surface area (Å²) in [5.41, 5.74) is -1.78. The highest BCUT2D eigenvalue weighted by molar-refractivity contribution is 5.79. The number of hydrogen-bond acceptors (Lipinski definition) is 12. The summed E-state index contributed by atoms with van der Waals surface area (Å²) >= 11 is 0. The smallest absolute Gasteiger partial charge is 0.308 e. The molecule has 0 saturated carbocycles. The van der Waals surface area contributed by atoms with Crippen molar-refractivity contribution in [3.63, 3.8) is 0 Å². The maximum Gasteiger partial charge on any atom is 0.308 e. The zero-order valence-corrected chi connectivity index (χ0v) is 31.7. The number of hydrogen-bond donors (Lipinski definition) is 5. The predicted octanol–water partition coefficient (Wildman–Crippen LogP) is 2.76. The van der Waals surface area contributed by atoms with Gasteiger partial charge in [-0.2, -0.15) is 0 Å². The molecule has 0 spiro atoms. The fourth-order valence-corrected chi connectivity index (χ4v) is 6.46. The van der Waals surface area contributed by atoms with Crippen LogP contribution in [0.3, 0.4) is 0 Å². The molecule has 13 nitrogen and oxygen atoms in total. The fourth-order valence-electron chi connectivity index (χ4n) is 6.46. The average molecular weight is 705 g/mol. The van der Waals surface area contributed by atoms with Crippen molar-refractivity contribution in [1.82, 2.24) is 10.2 Å². The molecule has 49 heavy (non-hydrogen) atoms. The molecule has 0 bridgehead atoms. The van der Waals surface area contributed by atoms with E-state index in [2.05, 4.69) is 23.7 Å². The molecule has 0 radical (unpaired) electrons. The van der Waals surface area contributed by atoms with Gasteiger partial charge in [0.1, 0.15) is 12.2 Å². The molecule has 3 fully saturated rings. The number of aliphatic hydroxyl groups excluding tert-OH is 3. The van der Waals surface area contributed by atoms with Crippen LogP contribution in [-0.2, 0) is 33.3 Å². The lowest BCUT2D eigenvalue weighted by Gasteiger charge is -2.40. The van der Waals surface area contributed by atoms with Crippen LogP contribution in [0.2, 0.25) is 0 Å². The average Bonchev–Trinajstić information content (AvgIpc) is 3.02. The quantitative estimate of drug-likeness (QED) is 0.202. The van der Waals surface area contributed by atoms with Crippen LogP contribution in [0.5, 0.6) is 0 Å². The first-order valence-corrected chi connectivity index (χ1v) is 17.8. The lowest BCUT2D eigenvalue weighted by Crippen LogP contribution is -2.52. The lowest BCUT2D eigenvalue weighted by atomic mass is 9.89. The SMILES string of the molecule is C=CCOC1C[C@@H](C)NC(=O)C(C)C(O)[C@](C)(O)COC(=O)C(C)CC[C@H]1OC1CC(N(C)C)CC(C)O1.CC1CC(C)OC(O)C1.CO. The van der Waals surface area contributed by atoms with Crippen molar-refractivity contribution in [1.29, 1.82) is 0 Å². The maximum atomic E-state index is 12.9. The Kier molecular flexibility index (Phi) is 20.6. The molecule has 0 aromatic rings. The van der Waals surface area contributed by atoms with Crippen molar-refractivity contribution in [2.24, 2.45) is 17.8 Å². The Morgan fingerprint density at radius 1 is 0.939 bits per heavy atom. The first-order chi connectivity index (χ1) is 22.9. The summed E-state index contributed by atoms with van der Waals surface area (Å²) in [4.78, 5) is 27.9. The maximum absolute atomic E-state index is 12.9. The molecule has 0 aromatic heterocycles. The van der Waals surface area contributed by atoms with Crippen LogP contribution >= 0.6 is 0 Å². The molecule has 288 valence electrons. The van der Waals surface area contributed by atoms with Crippen molar-refractivity contribution in [3.8, 4) is 0 Å². The van der Waals surface area contributed by atoms with E-state index in [-0.39, 0.29) is 18.2 Å². The number of esters is 1. The molecule has 0 aromatic carbocycles. The van der Waals surface area contributed by atoms with E-state index in [1.807, 2.05) is 34.9 Å². The van der Waals surface area contributed by atoms with Crippen LogP contribution in [0.15, 0.2) is 12.7 Å². The Morgan fingerprint density at radius 3 is 2.14 bits per heavy atom. The van der Waals surface area contributed by atoms with E-state index in [0.29, 0.717) is 44.2 Å². The van der Waals surface area contributed by atoms with Gasteiger partial charge in [-0.25, -0.2) is 0 Å². The van der Waals surface area contributed by atoms with Crippen LogP contribution in [0.25, 0.3) is 0 Å². The molecule has 10 unspecified atom stereocenters. The number of aliphatic hydroxyl groups is 4. The fraction of sp³-hybridized carbons (Fsp3) is 0.889. The van der Waals surface area contributed by atoms with E-state index in [1.54, 1.807) is 13.0 Å². The largest absolute Gasteiger partial charge is 0.462 e. The number of nitrogens with zero attached hydrogens (tertiary/aromatic N) is 1. The van der Waals surface area contributed by atoms with E-state index >= 15 is 0 Å². The molecule has 3 heterocycles. The third-order valence-electron chi connectivity index (χ3n) is 9.37. The van der Waals surface area contributed by atoms with Crippen LogP contribution in [0, 0.1) is 17.8 Å². The van der Waals surface area contributed by atoms with E-state index in [0.717, 1.165) is 26.4 Å². The van der Waals surface area contributed by atoms with E-state index in [4.69, 9.17) is 33.9 Å². The first-order valence-electron chi connectivity index (χ1n) is 17.8. The molecule has 3 saturated heterocycles. The molecule has 3 rings (SSSR count). The van der Waals surface area contributed by atoms with Gasteiger partial charge in [-0.3, -0.25) is 9.59 Å². The minimum Gasteiger partial charge on any atom is -0.462 e. The van der Waals surface area contributed by atoms with Gasteiger partial charge in [-0.05, 0) is 79.8 Å². The number of ether oxygens (including phenoxy) is 5. The number of amides is 1. The van der Waals surface area contributed by atoms with Crippen LogP contribution in [0.4, 0.5) is 0 Å². The highest BCUT2D eigenvalue weighted by Crippen LogP contribution is 2.29. The van der Waals surface area contributed by atoms with E-state index in [1.165, 1.54) is 13.8 Å². The summed E-state index contributed by atoms with van der Waals surface area (Å²) in [5.74, 6) is -1.71. The normalized spacial score (nSPS) is 39.8. The summed E-state index contributed by atoms with van der Waals surface area (Å²) in [6.07, 6.45) is 3.60. The Labute approximate surface area is 294 Å². The van der Waals surface area contributed by atoms with Crippen molar-refractivity contribution < 1.29 is 53.7 Å². The molecule has 3 aliphatic heterocycles. The first kappa shape index (κ1) is 45.3. The Morgan fingerprint density at radius 2 is 1.57 bits per heavy atom. The third-order valence-corrected chi connectivity index (χ3v) is 9.37. The molecular formula is C36H68N2O11. The predicted molar refractivity (Wildman–Crippen MR) is 186 cm³/mol. The topological polar surface area (TPSA) is 176 Å². The Bertz CT molecular complexity index is 942. The van der Waals surface area contributed by atoms with Crippen molar-refractivity contribution in [3.05, 3.63) is 12.7 Å². The molecule has 3 aliphatic rings. The third kappa shape index (κ3) is 16.0. The minimum absolute atomic E-state index is 0.0313. The molecular weight excluding hydrogens is 636 g/mol. The molecule has 5 N–H and O–H groups in total. The lowest BCUT2D eigenvalue weighted by molar-refractivity contribution is -0.240. The van der Waals surface area contributed by atoms with Crippen LogP contribution < -0.4 is 5.32 Å². The summed E-state index contributed by atoms with van der Waals surface area (Å²) < 4.78 is 29.3. The number of rotatable bonds is 6. The van der Waals surface area contributed by atoms with Crippen molar-refractivity contribution in [2.45, 2.75) is 154 Å². The second-order valence-electron chi connectivity index (χ2n) is 14.6. The number of cyclic esters (lactones) is 1. The van der Waals surface area contributed by atoms with Gasteiger partial charge in [0.15, 0.2) is 12.6 Å². The summed E-state index contributed by atoms with van der Waals surface area (Å²) in [7, 11) is 5.10. The van der Waals surface area contributed by atoms with Gasteiger partial charge in [0.05, 0.1) is 49.0 Å². The van der Waals surface area contributed by atoms with Crippen molar-refractivity contribution >= 4 is 11.9 Å². The van der Waals surface area contributed by atoms with Gasteiger partial charge in [0, 0.05) is 32.0 Å². The summed E-state index contributed by atoms with van der Waals surface area (Å²) in [6, 6.07) is -0.00413. The summed E-state index contributed by atoms with van der Waals surface area (Å²) in [6.45, 7) is 16.3. The Balaban J connectivity index is 0.000000929. The van der Waals surface area contributed by atoms with Gasteiger partial charge in [0.2, 0.25) is 5.91 Å². The second-order valence-corrected chi connectivity index (χ2v) is 14.6. The van der Waals surface area contributed by atoms with Crippen LogP contribution in [0.1, 0.15) is 93.4 Å². The Hall–Kier alpha value is -1.68.